The number of hydrogen-bond donors (Lipinski definition) is 1. The summed E-state index contributed by atoms with van der Waals surface area (Å²) in [5, 5.41) is 11.0. The van der Waals surface area contributed by atoms with E-state index in [-0.39, 0.29) is 18.5 Å². The van der Waals surface area contributed by atoms with Gasteiger partial charge < -0.3 is 15.0 Å². The van der Waals surface area contributed by atoms with Crippen molar-refractivity contribution < 1.29 is 14.3 Å². The smallest absolute Gasteiger partial charge is 0.309 e. The van der Waals surface area contributed by atoms with Gasteiger partial charge in [-0.25, -0.2) is 9.97 Å². The molecule has 0 radical (unpaired) electrons. The number of nitrogens with one attached hydrogen (secondary N) is 1. The summed E-state index contributed by atoms with van der Waals surface area (Å²) in [6.45, 7) is 1.02. The van der Waals surface area contributed by atoms with Gasteiger partial charge in [0.05, 0.1) is 17.3 Å². The molecule has 33 heavy (non-hydrogen) atoms. The molecule has 1 N–H and O–H groups in total. The number of hydrogen-bond acceptors (Lipinski definition) is 8. The third-order valence-electron chi connectivity index (χ3n) is 5.20. The van der Waals surface area contributed by atoms with E-state index >= 15 is 0 Å². The topological polar surface area (TPSA) is 109 Å². The third kappa shape index (κ3) is 6.42. The molecule has 1 aromatic heterocycles. The van der Waals surface area contributed by atoms with Crippen LogP contribution in [0.1, 0.15) is 12.8 Å². The summed E-state index contributed by atoms with van der Waals surface area (Å²) in [4.78, 5) is 35.0. The van der Waals surface area contributed by atoms with E-state index in [0.29, 0.717) is 43.3 Å². The molecule has 0 spiro atoms. The van der Waals surface area contributed by atoms with E-state index in [9.17, 15) is 9.59 Å². The first-order valence-corrected chi connectivity index (χ1v) is 10.7. The van der Waals surface area contributed by atoms with Gasteiger partial charge in [-0.1, -0.05) is 18.2 Å². The van der Waals surface area contributed by atoms with Crippen molar-refractivity contribution in [2.45, 2.75) is 12.8 Å². The van der Waals surface area contributed by atoms with E-state index < -0.39 is 5.91 Å². The van der Waals surface area contributed by atoms with Crippen LogP contribution in [0.5, 0.6) is 0 Å². The molecular weight excluding hydrogens is 420 g/mol. The van der Waals surface area contributed by atoms with Gasteiger partial charge in [0.2, 0.25) is 5.95 Å². The number of piperidine rings is 1. The monoisotopic (exact) mass is 444 g/mol. The molecule has 2 aromatic carbocycles. The molecule has 1 fully saturated rings. The molecule has 0 bridgehead atoms. The Labute approximate surface area is 191 Å². The Morgan fingerprint density at radius 1 is 0.909 bits per heavy atom. The molecule has 1 amide bonds. The molecule has 0 saturated carbocycles. The first kappa shape index (κ1) is 22.1. The molecule has 4 rings (SSSR count). The highest BCUT2D eigenvalue weighted by molar-refractivity contribution is 5.93. The molecule has 0 aliphatic carbocycles. The number of azo groups is 1. The van der Waals surface area contributed by atoms with Crippen LogP contribution in [0.4, 0.5) is 23.0 Å². The zero-order valence-electron chi connectivity index (χ0n) is 18.0. The first-order valence-electron chi connectivity index (χ1n) is 10.7. The SMILES string of the molecule is O=C(COC(=O)C1CCN(c2ncccn2)CC1)Nc1ccc(N=Nc2ccccc2)cc1. The summed E-state index contributed by atoms with van der Waals surface area (Å²) in [6, 6.07) is 18.1. The van der Waals surface area contributed by atoms with E-state index in [1.165, 1.54) is 0 Å². The van der Waals surface area contributed by atoms with Crippen LogP contribution in [0.3, 0.4) is 0 Å². The molecule has 3 aromatic rings. The lowest BCUT2D eigenvalue weighted by Crippen LogP contribution is -2.38. The molecule has 1 aliphatic rings. The second-order valence-corrected chi connectivity index (χ2v) is 7.55. The Morgan fingerprint density at radius 2 is 1.55 bits per heavy atom. The van der Waals surface area contributed by atoms with E-state index in [4.69, 9.17) is 4.74 Å². The lowest BCUT2D eigenvalue weighted by molar-refractivity contribution is -0.152. The Balaban J connectivity index is 1.19. The molecule has 1 aliphatic heterocycles. The highest BCUT2D eigenvalue weighted by Gasteiger charge is 2.27. The highest BCUT2D eigenvalue weighted by atomic mass is 16.5. The van der Waals surface area contributed by atoms with Crippen LogP contribution >= 0.6 is 0 Å². The molecule has 0 unspecified atom stereocenters. The third-order valence-corrected chi connectivity index (χ3v) is 5.20. The normalized spacial score (nSPS) is 14.2. The number of carbonyl (C=O) groups is 2. The summed E-state index contributed by atoms with van der Waals surface area (Å²) < 4.78 is 5.23. The van der Waals surface area contributed by atoms with Crippen LogP contribution in [0.15, 0.2) is 83.3 Å². The van der Waals surface area contributed by atoms with Gasteiger partial charge in [-0.05, 0) is 55.3 Å². The molecule has 9 heteroatoms. The van der Waals surface area contributed by atoms with Crippen LogP contribution < -0.4 is 10.2 Å². The number of carbonyl (C=O) groups excluding carboxylic acids is 2. The molecule has 168 valence electrons. The first-order chi connectivity index (χ1) is 16.2. The fourth-order valence-electron chi connectivity index (χ4n) is 3.44. The Hall–Kier alpha value is -4.14. The van der Waals surface area contributed by atoms with Crippen LogP contribution in [0.2, 0.25) is 0 Å². The van der Waals surface area contributed by atoms with Gasteiger partial charge >= 0.3 is 5.97 Å². The molecule has 2 heterocycles. The molecular formula is C24H24N6O3. The zero-order chi connectivity index (χ0) is 22.9. The minimum Gasteiger partial charge on any atom is -0.455 e. The van der Waals surface area contributed by atoms with E-state index in [0.717, 1.165) is 5.69 Å². The van der Waals surface area contributed by atoms with Crippen molar-refractivity contribution in [1.29, 1.82) is 0 Å². The minimum absolute atomic E-state index is 0.230. The van der Waals surface area contributed by atoms with E-state index in [2.05, 4.69) is 25.5 Å². The quantitative estimate of drug-likeness (QED) is 0.430. The number of amides is 1. The standard InChI is InChI=1S/C24H24N6O3/c31-22(27-19-7-9-21(10-8-19)29-28-20-5-2-1-3-6-20)17-33-23(32)18-11-15-30(16-12-18)24-25-13-4-14-26-24/h1-10,13-14,18H,11-12,15-17H2,(H,27,31). The second-order valence-electron chi connectivity index (χ2n) is 7.55. The van der Waals surface area contributed by atoms with Crippen LogP contribution in [0.25, 0.3) is 0 Å². The molecule has 1 saturated heterocycles. The Morgan fingerprint density at radius 3 is 2.21 bits per heavy atom. The van der Waals surface area contributed by atoms with Crippen molar-refractivity contribution in [3.63, 3.8) is 0 Å². The Kier molecular flexibility index (Phi) is 7.32. The van der Waals surface area contributed by atoms with Gasteiger partial charge in [0.1, 0.15) is 0 Å². The summed E-state index contributed by atoms with van der Waals surface area (Å²) in [7, 11) is 0. The van der Waals surface area contributed by atoms with Gasteiger partial charge in [0, 0.05) is 31.2 Å². The minimum atomic E-state index is -0.392. The number of nitrogens with zero attached hydrogens (tertiary/aromatic N) is 5. The average molecular weight is 444 g/mol. The largest absolute Gasteiger partial charge is 0.455 e. The fourth-order valence-corrected chi connectivity index (χ4v) is 3.44. The summed E-state index contributed by atoms with van der Waals surface area (Å²) in [5.74, 6) is -0.309. The van der Waals surface area contributed by atoms with Crippen LogP contribution in [-0.2, 0) is 14.3 Å². The van der Waals surface area contributed by atoms with Gasteiger partial charge in [0.25, 0.3) is 5.91 Å². The summed E-state index contributed by atoms with van der Waals surface area (Å²) in [6.07, 6.45) is 4.67. The van der Waals surface area contributed by atoms with E-state index in [1.807, 2.05) is 35.2 Å². The summed E-state index contributed by atoms with van der Waals surface area (Å²) in [5.41, 5.74) is 2.01. The summed E-state index contributed by atoms with van der Waals surface area (Å²) >= 11 is 0. The van der Waals surface area contributed by atoms with Gasteiger partial charge in [-0.3, -0.25) is 9.59 Å². The predicted molar refractivity (Wildman–Crippen MR) is 124 cm³/mol. The van der Waals surface area contributed by atoms with Crippen molar-refractivity contribution in [3.8, 4) is 0 Å². The zero-order valence-corrected chi connectivity index (χ0v) is 18.0. The number of anilines is 2. The van der Waals surface area contributed by atoms with Crippen LogP contribution in [-0.4, -0.2) is 41.5 Å². The van der Waals surface area contributed by atoms with Crippen molar-refractivity contribution in [3.05, 3.63) is 73.1 Å². The van der Waals surface area contributed by atoms with Crippen molar-refractivity contribution in [2.75, 3.05) is 29.9 Å². The number of benzene rings is 2. The lowest BCUT2D eigenvalue weighted by atomic mass is 9.97. The molecule has 9 nitrogen and oxygen atoms in total. The van der Waals surface area contributed by atoms with Gasteiger partial charge in [-0.2, -0.15) is 10.2 Å². The maximum atomic E-state index is 12.4. The highest BCUT2D eigenvalue weighted by Crippen LogP contribution is 2.22. The second kappa shape index (κ2) is 10.9. The number of aromatic nitrogens is 2. The van der Waals surface area contributed by atoms with E-state index in [1.54, 1.807) is 42.7 Å². The fraction of sp³-hybridized carbons (Fsp3) is 0.250. The lowest BCUT2D eigenvalue weighted by Gasteiger charge is -2.30. The number of esters is 1. The predicted octanol–water partition coefficient (Wildman–Crippen LogP) is 4.29. The van der Waals surface area contributed by atoms with Crippen molar-refractivity contribution >= 4 is 34.9 Å². The van der Waals surface area contributed by atoms with Gasteiger partial charge in [-0.15, -0.1) is 0 Å². The number of rotatable bonds is 7. The maximum Gasteiger partial charge on any atom is 0.309 e. The average Bonchev–Trinajstić information content (AvgIpc) is 2.88. The van der Waals surface area contributed by atoms with Gasteiger partial charge in [0.15, 0.2) is 6.61 Å². The number of ether oxygens (including phenoxy) is 1. The van der Waals surface area contributed by atoms with Crippen molar-refractivity contribution in [2.24, 2.45) is 16.1 Å². The van der Waals surface area contributed by atoms with Crippen LogP contribution in [0, 0.1) is 5.92 Å². The maximum absolute atomic E-state index is 12.4. The van der Waals surface area contributed by atoms with Crippen molar-refractivity contribution in [1.82, 2.24) is 9.97 Å². The molecule has 0 atom stereocenters. The Bertz CT molecular complexity index is 1080.